The maximum atomic E-state index is 9.82. The first-order valence-corrected chi connectivity index (χ1v) is 10.8. The van der Waals surface area contributed by atoms with Gasteiger partial charge < -0.3 is 30.5 Å². The van der Waals surface area contributed by atoms with Crippen molar-refractivity contribution in [2.75, 3.05) is 17.7 Å². The lowest BCUT2D eigenvalue weighted by molar-refractivity contribution is -0.140. The summed E-state index contributed by atoms with van der Waals surface area (Å²) in [7, 11) is -4.64. The molecule has 3 rings (SSSR count). The Kier molecular flexibility index (Phi) is 14.9. The van der Waals surface area contributed by atoms with Crippen LogP contribution in [0.1, 0.15) is 13.8 Å². The third-order valence-corrected chi connectivity index (χ3v) is 2.98. The van der Waals surface area contributed by atoms with Crippen LogP contribution in [0.4, 0.5) is 17.1 Å². The maximum absolute atomic E-state index is 9.82. The van der Waals surface area contributed by atoms with Gasteiger partial charge in [0.05, 0.1) is 6.61 Å². The molecule has 31 heavy (non-hydrogen) atoms. The monoisotopic (exact) mass is 448 g/mol. The predicted octanol–water partition coefficient (Wildman–Crippen LogP) is 4.34. The predicted molar refractivity (Wildman–Crippen MR) is 124 cm³/mol. The molecule has 0 amide bonds. The highest BCUT2D eigenvalue weighted by molar-refractivity contribution is 7.45. The fraction of sp³-hybridized carbons (Fsp3) is 0.136. The Balaban J connectivity index is 0.000000427. The number of nitrogens with one attached hydrogen (secondary N) is 1. The molecule has 0 bridgehead atoms. The van der Waals surface area contributed by atoms with Crippen LogP contribution in [0, 0.1) is 0 Å². The maximum Gasteiger partial charge on any atom is 0.466 e. The molecule has 0 unspecified atom stereocenters. The number of esters is 1. The summed E-state index contributed by atoms with van der Waals surface area (Å²) in [5.74, 6) is -0.211. The Bertz CT molecular complexity index is 829. The zero-order chi connectivity index (χ0) is 23.5. The molecule has 0 fully saturated rings. The second-order valence-corrected chi connectivity index (χ2v) is 6.73. The lowest BCUT2D eigenvalue weighted by atomic mass is 10.3. The first-order valence-electron chi connectivity index (χ1n) is 9.21. The first-order chi connectivity index (χ1) is 14.6. The van der Waals surface area contributed by atoms with Crippen LogP contribution in [-0.2, 0) is 14.1 Å². The molecule has 3 aromatic rings. The number of anilines is 3. The molecule has 0 radical (unpaired) electrons. The molecule has 0 aliphatic rings. The average Bonchev–Trinajstić information content (AvgIpc) is 2.70. The zero-order valence-corrected chi connectivity index (χ0v) is 18.4. The summed E-state index contributed by atoms with van der Waals surface area (Å²) in [6.45, 7) is 3.65. The Morgan fingerprint density at radius 1 is 0.839 bits per heavy atom. The van der Waals surface area contributed by atoms with E-state index in [2.05, 4.69) is 10.1 Å². The number of benzene rings is 3. The van der Waals surface area contributed by atoms with E-state index in [-0.39, 0.29) is 5.97 Å². The summed E-state index contributed by atoms with van der Waals surface area (Å²) < 4.78 is 13.3. The lowest BCUT2D eigenvalue weighted by Crippen LogP contribution is -1.95. The number of carbonyl (C=O) groups excluding carboxylic acids is 1. The minimum Gasteiger partial charge on any atom is -0.466 e. The minimum absolute atomic E-state index is 0.211. The summed E-state index contributed by atoms with van der Waals surface area (Å²) in [5, 5.41) is 3.30. The fourth-order valence-electron chi connectivity index (χ4n) is 1.87. The van der Waals surface area contributed by atoms with Crippen molar-refractivity contribution in [3.05, 3.63) is 91.0 Å². The molecule has 0 saturated carbocycles. The number of para-hydroxylation sites is 3. The third-order valence-electron chi connectivity index (χ3n) is 2.98. The van der Waals surface area contributed by atoms with Crippen LogP contribution in [0.5, 0.6) is 0 Å². The smallest absolute Gasteiger partial charge is 0.466 e. The highest BCUT2D eigenvalue weighted by Gasteiger charge is 2.00. The van der Waals surface area contributed by atoms with E-state index in [0.29, 0.717) is 6.61 Å². The van der Waals surface area contributed by atoms with Gasteiger partial charge in [-0.05, 0) is 43.3 Å². The minimum atomic E-state index is -4.64. The van der Waals surface area contributed by atoms with Crippen molar-refractivity contribution in [1.29, 1.82) is 0 Å². The molecular formula is C22H29N2O6P. The third kappa shape index (κ3) is 21.4. The summed E-state index contributed by atoms with van der Waals surface area (Å²) in [4.78, 5) is 31.4. The van der Waals surface area contributed by atoms with Gasteiger partial charge in [-0.1, -0.05) is 54.6 Å². The topological polar surface area (TPSA) is 142 Å². The normalized spacial score (nSPS) is 9.32. The van der Waals surface area contributed by atoms with Gasteiger partial charge in [-0.15, -0.1) is 0 Å². The van der Waals surface area contributed by atoms with E-state index in [1.807, 2.05) is 91.0 Å². The molecule has 9 heteroatoms. The second kappa shape index (κ2) is 16.6. The van der Waals surface area contributed by atoms with Crippen molar-refractivity contribution < 1.29 is 28.8 Å². The number of nitrogen functional groups attached to an aromatic ring is 1. The van der Waals surface area contributed by atoms with E-state index in [1.165, 1.54) is 6.92 Å². The van der Waals surface area contributed by atoms with Gasteiger partial charge in [-0.2, -0.15) is 0 Å². The van der Waals surface area contributed by atoms with Gasteiger partial charge >= 0.3 is 13.8 Å². The van der Waals surface area contributed by atoms with Crippen molar-refractivity contribution in [3.8, 4) is 0 Å². The molecule has 3 aromatic carbocycles. The Morgan fingerprint density at radius 3 is 1.35 bits per heavy atom. The molecule has 0 spiro atoms. The van der Waals surface area contributed by atoms with Gasteiger partial charge in [-0.25, -0.2) is 4.57 Å². The van der Waals surface area contributed by atoms with Crippen LogP contribution in [0.2, 0.25) is 0 Å². The molecule has 168 valence electrons. The lowest BCUT2D eigenvalue weighted by Gasteiger charge is -2.04. The SMILES string of the molecule is CCOC(C)=O.Nc1ccccc1.O=P(O)(O)O.c1ccc(Nc2ccccc2)cc1. The Hall–Kier alpha value is -3.16. The highest BCUT2D eigenvalue weighted by Crippen LogP contribution is 2.25. The molecule has 0 saturated heterocycles. The second-order valence-electron chi connectivity index (χ2n) is 5.71. The standard InChI is InChI=1S/C12H11N.C6H7N.C4H8O2.H3O4P/c1-3-7-11(8-4-1)13-12-9-5-2-6-10-12;7-6-4-2-1-3-5-6;1-3-6-4(2)5;1-5(2,3)4/h1-10,13H;1-5H,7H2;3H2,1-2H3;(H3,1,2,3,4). The van der Waals surface area contributed by atoms with Gasteiger partial charge in [0, 0.05) is 24.0 Å². The van der Waals surface area contributed by atoms with E-state index in [0.717, 1.165) is 17.1 Å². The molecule has 0 atom stereocenters. The summed E-state index contributed by atoms with van der Waals surface area (Å²) in [6, 6.07) is 29.8. The number of carbonyl (C=O) groups is 1. The van der Waals surface area contributed by atoms with Gasteiger partial charge in [0.2, 0.25) is 0 Å². The van der Waals surface area contributed by atoms with E-state index >= 15 is 0 Å². The number of hydrogen-bond acceptors (Lipinski definition) is 5. The summed E-state index contributed by atoms with van der Waals surface area (Å²) >= 11 is 0. The van der Waals surface area contributed by atoms with Crippen molar-refractivity contribution in [1.82, 2.24) is 0 Å². The van der Waals surface area contributed by atoms with Crippen molar-refractivity contribution in [3.63, 3.8) is 0 Å². The number of nitrogens with two attached hydrogens (primary N) is 1. The van der Waals surface area contributed by atoms with Crippen molar-refractivity contribution in [2.24, 2.45) is 0 Å². The molecule has 8 nitrogen and oxygen atoms in total. The zero-order valence-electron chi connectivity index (χ0n) is 17.5. The number of ether oxygens (including phenoxy) is 1. The van der Waals surface area contributed by atoms with Crippen LogP contribution in [0.3, 0.4) is 0 Å². The largest absolute Gasteiger partial charge is 0.466 e. The van der Waals surface area contributed by atoms with Crippen LogP contribution in [0.25, 0.3) is 0 Å². The number of rotatable bonds is 3. The summed E-state index contributed by atoms with van der Waals surface area (Å²) in [5.41, 5.74) is 8.42. The van der Waals surface area contributed by atoms with Gasteiger partial charge in [0.25, 0.3) is 0 Å². The molecular weight excluding hydrogens is 419 g/mol. The molecule has 0 aliphatic heterocycles. The fourth-order valence-corrected chi connectivity index (χ4v) is 1.87. The van der Waals surface area contributed by atoms with Gasteiger partial charge in [0.1, 0.15) is 0 Å². The van der Waals surface area contributed by atoms with E-state index < -0.39 is 7.82 Å². The number of hydrogen-bond donors (Lipinski definition) is 5. The van der Waals surface area contributed by atoms with Gasteiger partial charge in [0.15, 0.2) is 0 Å². The molecule has 0 aromatic heterocycles. The van der Waals surface area contributed by atoms with Gasteiger partial charge in [-0.3, -0.25) is 4.79 Å². The molecule has 0 heterocycles. The van der Waals surface area contributed by atoms with Crippen LogP contribution in [0.15, 0.2) is 91.0 Å². The number of phosphoric acid groups is 1. The van der Waals surface area contributed by atoms with E-state index in [4.69, 9.17) is 25.0 Å². The van der Waals surface area contributed by atoms with Crippen LogP contribution < -0.4 is 11.1 Å². The van der Waals surface area contributed by atoms with E-state index in [1.54, 1.807) is 6.92 Å². The first kappa shape index (κ1) is 27.8. The Labute approximate surface area is 182 Å². The van der Waals surface area contributed by atoms with E-state index in [9.17, 15) is 4.79 Å². The molecule has 0 aliphatic carbocycles. The van der Waals surface area contributed by atoms with Crippen molar-refractivity contribution in [2.45, 2.75) is 13.8 Å². The quantitative estimate of drug-likeness (QED) is 0.226. The van der Waals surface area contributed by atoms with Crippen LogP contribution in [-0.4, -0.2) is 27.3 Å². The average molecular weight is 448 g/mol. The Morgan fingerprint density at radius 2 is 1.16 bits per heavy atom. The summed E-state index contributed by atoms with van der Waals surface area (Å²) in [6.07, 6.45) is 0. The van der Waals surface area contributed by atoms with Crippen molar-refractivity contribution >= 4 is 30.9 Å². The van der Waals surface area contributed by atoms with Crippen LogP contribution >= 0.6 is 7.82 Å². The molecule has 6 N–H and O–H groups in total. The highest BCUT2D eigenvalue weighted by atomic mass is 31.2.